The van der Waals surface area contributed by atoms with E-state index >= 15 is 0 Å². The number of ether oxygens (including phenoxy) is 4. The minimum Gasteiger partial charge on any atom is -0.493 e. The van der Waals surface area contributed by atoms with Gasteiger partial charge in [0.2, 0.25) is 6.79 Å². The summed E-state index contributed by atoms with van der Waals surface area (Å²) in [5.41, 5.74) is 2.03. The summed E-state index contributed by atoms with van der Waals surface area (Å²) >= 11 is 0. The molecule has 6 heteroatoms. The van der Waals surface area contributed by atoms with Crippen molar-refractivity contribution < 1.29 is 18.9 Å². The molecule has 0 saturated carbocycles. The molecule has 0 radical (unpaired) electrons. The van der Waals surface area contributed by atoms with E-state index in [0.717, 1.165) is 16.5 Å². The molecule has 0 amide bonds. The SMILES string of the molecule is C=Cc1cc2c(cc1-c1cc3ccc(OC)c(OC)c3c(=O)[nH]1)OCO2. The first-order valence-electron chi connectivity index (χ1n) is 8.00. The van der Waals surface area contributed by atoms with Crippen molar-refractivity contribution in [2.45, 2.75) is 0 Å². The summed E-state index contributed by atoms with van der Waals surface area (Å²) in [7, 11) is 3.05. The minimum absolute atomic E-state index is 0.181. The van der Waals surface area contributed by atoms with Crippen molar-refractivity contribution >= 4 is 16.8 Å². The molecule has 1 aliphatic rings. The Kier molecular flexibility index (Phi) is 3.80. The number of pyridine rings is 1. The molecule has 3 aromatic rings. The van der Waals surface area contributed by atoms with Gasteiger partial charge in [-0.1, -0.05) is 18.7 Å². The number of aromatic nitrogens is 1. The van der Waals surface area contributed by atoms with Crippen molar-refractivity contribution in [1.29, 1.82) is 0 Å². The largest absolute Gasteiger partial charge is 0.493 e. The number of hydrogen-bond acceptors (Lipinski definition) is 5. The Bertz CT molecular complexity index is 1080. The molecule has 0 saturated heterocycles. The van der Waals surface area contributed by atoms with Crippen molar-refractivity contribution in [1.82, 2.24) is 4.98 Å². The van der Waals surface area contributed by atoms with E-state index in [0.29, 0.717) is 34.1 Å². The Labute approximate surface area is 149 Å². The lowest BCUT2D eigenvalue weighted by Gasteiger charge is -2.12. The van der Waals surface area contributed by atoms with Crippen LogP contribution >= 0.6 is 0 Å². The van der Waals surface area contributed by atoms with Gasteiger partial charge in [0.1, 0.15) is 0 Å². The van der Waals surface area contributed by atoms with Crippen molar-refractivity contribution in [3.8, 4) is 34.3 Å². The maximum Gasteiger partial charge on any atom is 0.260 e. The highest BCUT2D eigenvalue weighted by Crippen LogP contribution is 2.40. The maximum absolute atomic E-state index is 12.8. The quantitative estimate of drug-likeness (QED) is 0.778. The molecule has 26 heavy (non-hydrogen) atoms. The monoisotopic (exact) mass is 351 g/mol. The maximum atomic E-state index is 12.8. The molecule has 132 valence electrons. The Morgan fingerprint density at radius 1 is 1.12 bits per heavy atom. The van der Waals surface area contributed by atoms with E-state index in [2.05, 4.69) is 11.6 Å². The number of benzene rings is 2. The summed E-state index contributed by atoms with van der Waals surface area (Å²) in [4.78, 5) is 15.7. The van der Waals surface area contributed by atoms with Gasteiger partial charge in [-0.15, -0.1) is 0 Å². The second kappa shape index (κ2) is 6.15. The molecule has 2 heterocycles. The second-order valence-corrected chi connectivity index (χ2v) is 5.77. The molecule has 0 atom stereocenters. The number of hydrogen-bond donors (Lipinski definition) is 1. The van der Waals surface area contributed by atoms with Crippen LogP contribution in [0, 0.1) is 0 Å². The van der Waals surface area contributed by atoms with Gasteiger partial charge in [0, 0.05) is 11.3 Å². The number of aromatic amines is 1. The van der Waals surface area contributed by atoms with E-state index in [1.807, 2.05) is 24.3 Å². The fraction of sp³-hybridized carbons (Fsp3) is 0.150. The molecule has 4 rings (SSSR count). The van der Waals surface area contributed by atoms with Crippen molar-refractivity contribution in [2.24, 2.45) is 0 Å². The fourth-order valence-electron chi connectivity index (χ4n) is 3.18. The van der Waals surface area contributed by atoms with Gasteiger partial charge in [-0.2, -0.15) is 0 Å². The van der Waals surface area contributed by atoms with E-state index in [1.54, 1.807) is 12.1 Å². The summed E-state index contributed by atoms with van der Waals surface area (Å²) in [5.74, 6) is 2.22. The standard InChI is InChI=1S/C20H17NO5/c1-4-11-8-16-17(26-10-25-16)9-13(11)14-7-12-5-6-15(23-2)19(24-3)18(12)20(22)21-14/h4-9H,1,10H2,2-3H3,(H,21,22). The number of rotatable bonds is 4. The van der Waals surface area contributed by atoms with Gasteiger partial charge in [0.25, 0.3) is 5.56 Å². The molecular formula is C20H17NO5. The fourth-order valence-corrected chi connectivity index (χ4v) is 3.18. The number of methoxy groups -OCH3 is 2. The first-order chi connectivity index (χ1) is 12.7. The zero-order chi connectivity index (χ0) is 18.3. The van der Waals surface area contributed by atoms with Crippen molar-refractivity contribution in [3.63, 3.8) is 0 Å². The van der Waals surface area contributed by atoms with Gasteiger partial charge >= 0.3 is 0 Å². The van der Waals surface area contributed by atoms with Crippen molar-refractivity contribution in [3.05, 3.63) is 52.8 Å². The van der Waals surface area contributed by atoms with Gasteiger partial charge in [-0.3, -0.25) is 4.79 Å². The Balaban J connectivity index is 1.97. The number of nitrogens with one attached hydrogen (secondary N) is 1. The molecule has 0 spiro atoms. The highest BCUT2D eigenvalue weighted by molar-refractivity contribution is 5.93. The lowest BCUT2D eigenvalue weighted by molar-refractivity contribution is 0.174. The summed E-state index contributed by atoms with van der Waals surface area (Å²) in [6.07, 6.45) is 1.72. The van der Waals surface area contributed by atoms with Gasteiger partial charge in [-0.25, -0.2) is 0 Å². The van der Waals surface area contributed by atoms with E-state index < -0.39 is 0 Å². The van der Waals surface area contributed by atoms with E-state index in [1.165, 1.54) is 14.2 Å². The third-order valence-electron chi connectivity index (χ3n) is 4.41. The van der Waals surface area contributed by atoms with Crippen LogP contribution in [-0.2, 0) is 0 Å². The molecule has 1 aliphatic heterocycles. The topological polar surface area (TPSA) is 69.8 Å². The summed E-state index contributed by atoms with van der Waals surface area (Å²) < 4.78 is 21.5. The predicted molar refractivity (Wildman–Crippen MR) is 99.3 cm³/mol. The Morgan fingerprint density at radius 2 is 1.88 bits per heavy atom. The van der Waals surface area contributed by atoms with Gasteiger partial charge in [-0.05, 0) is 35.2 Å². The van der Waals surface area contributed by atoms with Gasteiger partial charge in [0.05, 0.1) is 19.6 Å². The van der Waals surface area contributed by atoms with E-state index in [-0.39, 0.29) is 12.4 Å². The Morgan fingerprint density at radius 3 is 2.58 bits per heavy atom. The second-order valence-electron chi connectivity index (χ2n) is 5.77. The third-order valence-corrected chi connectivity index (χ3v) is 4.41. The summed E-state index contributed by atoms with van der Waals surface area (Å²) in [6, 6.07) is 9.19. The number of fused-ring (bicyclic) bond motifs is 2. The molecule has 2 aromatic carbocycles. The van der Waals surface area contributed by atoms with Crippen LogP contribution < -0.4 is 24.5 Å². The van der Waals surface area contributed by atoms with Crippen LogP contribution in [-0.4, -0.2) is 26.0 Å². The number of H-pyrrole nitrogens is 1. The highest BCUT2D eigenvalue weighted by Gasteiger charge is 2.19. The summed E-state index contributed by atoms with van der Waals surface area (Å²) in [6.45, 7) is 4.03. The molecule has 1 aromatic heterocycles. The highest BCUT2D eigenvalue weighted by atomic mass is 16.7. The van der Waals surface area contributed by atoms with Crippen LogP contribution in [0.1, 0.15) is 5.56 Å². The van der Waals surface area contributed by atoms with Crippen LogP contribution in [0.15, 0.2) is 41.7 Å². The van der Waals surface area contributed by atoms with E-state index in [4.69, 9.17) is 18.9 Å². The molecule has 0 aliphatic carbocycles. The average Bonchev–Trinajstić information content (AvgIpc) is 3.13. The third kappa shape index (κ3) is 2.38. The van der Waals surface area contributed by atoms with E-state index in [9.17, 15) is 4.79 Å². The first kappa shape index (κ1) is 16.1. The molecule has 0 unspecified atom stereocenters. The summed E-state index contributed by atoms with van der Waals surface area (Å²) in [5, 5.41) is 1.19. The average molecular weight is 351 g/mol. The Hall–Kier alpha value is -3.41. The zero-order valence-electron chi connectivity index (χ0n) is 14.4. The minimum atomic E-state index is -0.263. The van der Waals surface area contributed by atoms with Gasteiger partial charge < -0.3 is 23.9 Å². The van der Waals surface area contributed by atoms with Crippen LogP contribution in [0.4, 0.5) is 0 Å². The first-order valence-corrected chi connectivity index (χ1v) is 8.00. The van der Waals surface area contributed by atoms with Gasteiger partial charge in [0.15, 0.2) is 23.0 Å². The molecule has 0 fully saturated rings. The molecular weight excluding hydrogens is 334 g/mol. The molecule has 6 nitrogen and oxygen atoms in total. The van der Waals surface area contributed by atoms with Crippen LogP contribution in [0.5, 0.6) is 23.0 Å². The lowest BCUT2D eigenvalue weighted by Crippen LogP contribution is -2.09. The van der Waals surface area contributed by atoms with Crippen molar-refractivity contribution in [2.75, 3.05) is 21.0 Å². The van der Waals surface area contributed by atoms with Crippen LogP contribution in [0.25, 0.3) is 28.1 Å². The van der Waals surface area contributed by atoms with Crippen LogP contribution in [0.3, 0.4) is 0 Å². The lowest BCUT2D eigenvalue weighted by atomic mass is 10.0. The predicted octanol–water partition coefficient (Wildman–Crippen LogP) is 3.58. The molecule has 0 bridgehead atoms. The normalized spacial score (nSPS) is 12.2. The smallest absolute Gasteiger partial charge is 0.260 e. The van der Waals surface area contributed by atoms with Crippen LogP contribution in [0.2, 0.25) is 0 Å². The zero-order valence-corrected chi connectivity index (χ0v) is 14.4. The molecule has 1 N–H and O–H groups in total.